The van der Waals surface area contributed by atoms with Gasteiger partial charge in [-0.2, -0.15) is 0 Å². The number of carbonyl (C=O) groups is 2. The molecule has 1 amide bonds. The van der Waals surface area contributed by atoms with Gasteiger partial charge in [-0.3, -0.25) is 4.79 Å². The van der Waals surface area contributed by atoms with Crippen molar-refractivity contribution in [3.8, 4) is 5.75 Å². The molecule has 11 nitrogen and oxygen atoms in total. The van der Waals surface area contributed by atoms with Gasteiger partial charge in [0, 0.05) is 12.6 Å². The maximum Gasteiger partial charge on any atom is 0.328 e. The number of ether oxygens (including phenoxy) is 2. The first-order valence-corrected chi connectivity index (χ1v) is 11.9. The SMILES string of the molecule is COC(=O)C(CCCN=C(N)N[N+](=O)[O-])NC(=O)/C=C/c1ccc(OC/C=C(/C)CCC=C(C)C)cc1. The van der Waals surface area contributed by atoms with E-state index in [-0.39, 0.29) is 18.9 Å². The van der Waals surface area contributed by atoms with Gasteiger partial charge >= 0.3 is 5.97 Å². The fourth-order valence-corrected chi connectivity index (χ4v) is 3.05. The summed E-state index contributed by atoms with van der Waals surface area (Å²) >= 11 is 0. The van der Waals surface area contributed by atoms with Crippen LogP contribution in [-0.4, -0.2) is 49.2 Å². The van der Waals surface area contributed by atoms with E-state index in [0.29, 0.717) is 13.0 Å². The van der Waals surface area contributed by atoms with Gasteiger partial charge in [-0.15, -0.1) is 0 Å². The summed E-state index contributed by atoms with van der Waals surface area (Å²) in [6.45, 7) is 6.89. The van der Waals surface area contributed by atoms with E-state index in [1.165, 1.54) is 24.3 Å². The average Bonchev–Trinajstić information content (AvgIpc) is 2.84. The number of hydrogen-bond donors (Lipinski definition) is 3. The van der Waals surface area contributed by atoms with Gasteiger partial charge in [0.05, 0.1) is 7.11 Å². The zero-order valence-electron chi connectivity index (χ0n) is 21.9. The van der Waals surface area contributed by atoms with Crippen LogP contribution in [0.25, 0.3) is 6.08 Å². The summed E-state index contributed by atoms with van der Waals surface area (Å²) < 4.78 is 10.5. The van der Waals surface area contributed by atoms with Crippen LogP contribution in [0.1, 0.15) is 52.0 Å². The zero-order valence-corrected chi connectivity index (χ0v) is 21.9. The molecule has 0 aliphatic carbocycles. The van der Waals surface area contributed by atoms with E-state index in [1.54, 1.807) is 11.5 Å². The van der Waals surface area contributed by atoms with Crippen molar-refractivity contribution >= 4 is 23.9 Å². The van der Waals surface area contributed by atoms with Crippen LogP contribution in [0.2, 0.25) is 0 Å². The van der Waals surface area contributed by atoms with E-state index in [2.05, 4.69) is 43.2 Å². The number of nitrogens with two attached hydrogens (primary N) is 1. The van der Waals surface area contributed by atoms with E-state index in [4.69, 9.17) is 15.2 Å². The van der Waals surface area contributed by atoms with E-state index in [9.17, 15) is 19.7 Å². The topological polar surface area (TPSA) is 158 Å². The van der Waals surface area contributed by atoms with Gasteiger partial charge in [-0.25, -0.2) is 19.9 Å². The van der Waals surface area contributed by atoms with E-state index < -0.39 is 23.0 Å². The van der Waals surface area contributed by atoms with Crippen LogP contribution < -0.4 is 21.2 Å². The number of benzene rings is 1. The number of carbonyl (C=O) groups excluding carboxylic acids is 2. The maximum absolute atomic E-state index is 12.3. The Morgan fingerprint density at radius 2 is 1.89 bits per heavy atom. The predicted octanol–water partition coefficient (Wildman–Crippen LogP) is 3.31. The number of methoxy groups -OCH3 is 1. The highest BCUT2D eigenvalue weighted by Crippen LogP contribution is 2.14. The number of amides is 1. The van der Waals surface area contributed by atoms with Gasteiger partial charge < -0.3 is 20.5 Å². The fourth-order valence-electron chi connectivity index (χ4n) is 3.05. The van der Waals surface area contributed by atoms with E-state index in [0.717, 1.165) is 24.2 Å². The van der Waals surface area contributed by atoms with Crippen molar-refractivity contribution in [3.63, 3.8) is 0 Å². The number of hydrogen-bond acceptors (Lipinski definition) is 7. The fraction of sp³-hybridized carbons (Fsp3) is 0.423. The minimum atomic E-state index is -0.892. The third-order valence-electron chi connectivity index (χ3n) is 5.02. The number of aliphatic imine (C=N–C) groups is 1. The summed E-state index contributed by atoms with van der Waals surface area (Å²) in [7, 11) is 1.22. The van der Waals surface area contributed by atoms with Crippen molar-refractivity contribution in [3.05, 3.63) is 69.3 Å². The normalized spacial score (nSPS) is 12.5. The molecule has 0 aliphatic rings. The van der Waals surface area contributed by atoms with E-state index >= 15 is 0 Å². The molecule has 1 unspecified atom stereocenters. The minimum absolute atomic E-state index is 0.131. The Morgan fingerprint density at radius 3 is 2.51 bits per heavy atom. The monoisotopic (exact) mass is 515 g/mol. The van der Waals surface area contributed by atoms with Crippen molar-refractivity contribution < 1.29 is 24.1 Å². The number of esters is 1. The van der Waals surface area contributed by atoms with Crippen LogP contribution in [0.15, 0.2) is 58.6 Å². The molecule has 37 heavy (non-hydrogen) atoms. The number of rotatable bonds is 15. The summed E-state index contributed by atoms with van der Waals surface area (Å²) in [6, 6.07) is 6.40. The van der Waals surface area contributed by atoms with Crippen LogP contribution in [0.4, 0.5) is 0 Å². The molecule has 0 bridgehead atoms. The second-order valence-corrected chi connectivity index (χ2v) is 8.45. The number of hydrazine groups is 1. The lowest BCUT2D eigenvalue weighted by Crippen LogP contribution is -2.41. The molecule has 1 rings (SSSR count). The highest BCUT2D eigenvalue weighted by molar-refractivity contribution is 5.94. The standard InChI is InChI=1S/C26H37N5O6/c1-19(2)7-5-8-20(3)16-18-37-22-13-10-21(11-14-22)12-15-24(32)29-23(25(33)36-4)9-6-17-28-26(27)30-31(34)35/h7,10-16,23H,5-6,8-9,17-18H2,1-4H3,(H,29,32)(H3,27,28,30)/b15-12+,20-16-. The third kappa shape index (κ3) is 14.8. The molecule has 4 N–H and O–H groups in total. The zero-order chi connectivity index (χ0) is 27.6. The van der Waals surface area contributed by atoms with Gasteiger partial charge in [0.25, 0.3) is 5.96 Å². The first kappa shape index (κ1) is 30.9. The van der Waals surface area contributed by atoms with Gasteiger partial charge in [0.2, 0.25) is 5.91 Å². The van der Waals surface area contributed by atoms with Crippen molar-refractivity contribution in [2.75, 3.05) is 20.3 Å². The Morgan fingerprint density at radius 1 is 1.19 bits per heavy atom. The number of guanidine groups is 1. The molecule has 0 heterocycles. The first-order valence-electron chi connectivity index (χ1n) is 11.9. The van der Waals surface area contributed by atoms with Crippen molar-refractivity contribution in [2.24, 2.45) is 10.7 Å². The smallest absolute Gasteiger partial charge is 0.328 e. The van der Waals surface area contributed by atoms with Crippen LogP contribution in [0.3, 0.4) is 0 Å². The Labute approximate surface area is 217 Å². The van der Waals surface area contributed by atoms with Crippen molar-refractivity contribution in [1.29, 1.82) is 0 Å². The molecular formula is C26H37N5O6. The summed E-state index contributed by atoms with van der Waals surface area (Å²) in [5.41, 5.74) is 10.4. The number of allylic oxidation sites excluding steroid dienone is 3. The minimum Gasteiger partial charge on any atom is -0.490 e. The molecule has 0 spiro atoms. The number of nitrogens with zero attached hydrogens (tertiary/aromatic N) is 2. The quantitative estimate of drug-likeness (QED) is 0.0469. The van der Waals surface area contributed by atoms with Crippen LogP contribution >= 0.6 is 0 Å². The first-order chi connectivity index (χ1) is 17.6. The lowest BCUT2D eigenvalue weighted by molar-refractivity contribution is -0.525. The van der Waals surface area contributed by atoms with Gasteiger partial charge in [0.1, 0.15) is 18.4 Å². The molecule has 1 aromatic rings. The summed E-state index contributed by atoms with van der Waals surface area (Å²) in [6.07, 6.45) is 9.81. The molecule has 0 saturated carbocycles. The second-order valence-electron chi connectivity index (χ2n) is 8.45. The molecule has 0 radical (unpaired) electrons. The molecule has 202 valence electrons. The largest absolute Gasteiger partial charge is 0.490 e. The van der Waals surface area contributed by atoms with Crippen LogP contribution in [-0.2, 0) is 14.3 Å². The maximum atomic E-state index is 12.3. The lowest BCUT2D eigenvalue weighted by atomic mass is 10.1. The van der Waals surface area contributed by atoms with Crippen LogP contribution in [0.5, 0.6) is 5.75 Å². The van der Waals surface area contributed by atoms with Gasteiger partial charge in [-0.05, 0) is 76.3 Å². The number of nitro groups is 1. The van der Waals surface area contributed by atoms with E-state index in [1.807, 2.05) is 24.3 Å². The van der Waals surface area contributed by atoms with Crippen molar-refractivity contribution in [2.45, 2.75) is 52.5 Å². The highest BCUT2D eigenvalue weighted by atomic mass is 16.7. The second kappa shape index (κ2) is 17.3. The van der Waals surface area contributed by atoms with Gasteiger partial charge in [-0.1, -0.05) is 34.8 Å². The van der Waals surface area contributed by atoms with Crippen LogP contribution in [0, 0.1) is 10.1 Å². The average molecular weight is 516 g/mol. The molecule has 1 aromatic carbocycles. The number of nitrogens with one attached hydrogen (secondary N) is 2. The molecule has 0 fully saturated rings. The molecule has 1 atom stereocenters. The highest BCUT2D eigenvalue weighted by Gasteiger charge is 2.20. The summed E-state index contributed by atoms with van der Waals surface area (Å²) in [5, 5.41) is 12.1. The third-order valence-corrected chi connectivity index (χ3v) is 5.02. The molecule has 0 saturated heterocycles. The Bertz CT molecular complexity index is 1010. The van der Waals surface area contributed by atoms with Gasteiger partial charge in [0.15, 0.2) is 5.03 Å². The summed E-state index contributed by atoms with van der Waals surface area (Å²) in [4.78, 5) is 38.4. The molecule has 0 aromatic heterocycles. The lowest BCUT2D eigenvalue weighted by Gasteiger charge is -2.14. The molecule has 11 heteroatoms. The van der Waals surface area contributed by atoms with Crippen molar-refractivity contribution in [1.82, 2.24) is 10.7 Å². The Balaban J connectivity index is 2.54. The summed E-state index contributed by atoms with van der Waals surface area (Å²) in [5.74, 6) is -0.700. The molecule has 0 aliphatic heterocycles. The Kier molecular flexibility index (Phi) is 14.4. The Hall–Kier alpha value is -4.15. The predicted molar refractivity (Wildman–Crippen MR) is 143 cm³/mol. The molecular weight excluding hydrogens is 478 g/mol.